The maximum atomic E-state index is 14.0. The topological polar surface area (TPSA) is 99.2 Å². The van der Waals surface area contributed by atoms with Gasteiger partial charge in [-0.2, -0.15) is 0 Å². The van der Waals surface area contributed by atoms with Gasteiger partial charge in [-0.25, -0.2) is 0 Å². The van der Waals surface area contributed by atoms with E-state index in [1.165, 1.54) is 21.3 Å². The van der Waals surface area contributed by atoms with Gasteiger partial charge in [0.15, 0.2) is 11.5 Å². The lowest BCUT2D eigenvalue weighted by atomic mass is 9.79. The van der Waals surface area contributed by atoms with Crippen LogP contribution in [0.1, 0.15) is 33.4 Å². The molecule has 3 aromatic rings. The Labute approximate surface area is 203 Å². The van der Waals surface area contributed by atoms with Crippen molar-refractivity contribution < 1.29 is 28.5 Å². The third kappa shape index (κ3) is 4.32. The van der Waals surface area contributed by atoms with Crippen molar-refractivity contribution in [3.63, 3.8) is 0 Å². The number of amides is 2. The van der Waals surface area contributed by atoms with Gasteiger partial charge in [0.05, 0.1) is 46.1 Å². The van der Waals surface area contributed by atoms with Crippen molar-refractivity contribution in [2.45, 2.75) is 12.0 Å². The smallest absolute Gasteiger partial charge is 0.254 e. The average molecular weight is 478 g/mol. The molecule has 182 valence electrons. The van der Waals surface area contributed by atoms with Gasteiger partial charge in [0.25, 0.3) is 5.91 Å². The third-order valence-corrected chi connectivity index (χ3v) is 6.15. The number of anilines is 1. The zero-order valence-corrected chi connectivity index (χ0v) is 20.2. The standard InChI is InChI=1S/C26H27N3O6/c1-29-24(15-7-6-10-27-14-15)23(17-12-21(34-4)22(35-5)13-18(17)26(29)31)25(30)28-19-11-16(32-2)8-9-20(19)33-3/h6-14,23-24H,1-5H3,(H,28,30)/t23-,24-/m1/s1. The van der Waals surface area contributed by atoms with Crippen molar-refractivity contribution in [2.24, 2.45) is 0 Å². The summed E-state index contributed by atoms with van der Waals surface area (Å²) in [6.07, 6.45) is 3.30. The third-order valence-electron chi connectivity index (χ3n) is 6.15. The van der Waals surface area contributed by atoms with Gasteiger partial charge in [0, 0.05) is 31.1 Å². The highest BCUT2D eigenvalue weighted by molar-refractivity contribution is 6.05. The molecule has 0 aliphatic carbocycles. The van der Waals surface area contributed by atoms with Crippen LogP contribution >= 0.6 is 0 Å². The molecule has 2 atom stereocenters. The molecule has 35 heavy (non-hydrogen) atoms. The number of benzene rings is 2. The molecule has 0 spiro atoms. The number of rotatable bonds is 7. The van der Waals surface area contributed by atoms with Gasteiger partial charge in [-0.1, -0.05) is 6.07 Å². The van der Waals surface area contributed by atoms with Crippen LogP contribution in [0.5, 0.6) is 23.0 Å². The number of aromatic nitrogens is 1. The monoisotopic (exact) mass is 477 g/mol. The first-order valence-electron chi connectivity index (χ1n) is 10.9. The molecule has 2 amide bonds. The highest BCUT2D eigenvalue weighted by atomic mass is 16.5. The second-order valence-corrected chi connectivity index (χ2v) is 7.97. The number of hydrogen-bond donors (Lipinski definition) is 1. The second kappa shape index (κ2) is 9.92. The number of pyridine rings is 1. The quantitative estimate of drug-likeness (QED) is 0.554. The lowest BCUT2D eigenvalue weighted by molar-refractivity contribution is -0.119. The Morgan fingerprint density at radius 3 is 2.29 bits per heavy atom. The van der Waals surface area contributed by atoms with E-state index in [0.29, 0.717) is 39.8 Å². The highest BCUT2D eigenvalue weighted by Crippen LogP contribution is 2.46. The van der Waals surface area contributed by atoms with E-state index in [9.17, 15) is 9.59 Å². The molecule has 4 rings (SSSR count). The molecule has 2 aromatic carbocycles. The van der Waals surface area contributed by atoms with E-state index in [0.717, 1.165) is 5.56 Å². The van der Waals surface area contributed by atoms with Crippen molar-refractivity contribution in [1.29, 1.82) is 0 Å². The molecule has 1 N–H and O–H groups in total. The largest absolute Gasteiger partial charge is 0.497 e. The molecule has 0 fully saturated rings. The fourth-order valence-corrected chi connectivity index (χ4v) is 4.42. The number of nitrogens with zero attached hydrogens (tertiary/aromatic N) is 2. The number of ether oxygens (including phenoxy) is 4. The SMILES string of the molecule is COc1ccc(OC)c(NC(=O)[C@@H]2c3cc(OC)c(OC)cc3C(=O)N(C)[C@@H]2c2cccnc2)c1. The Balaban J connectivity index is 1.88. The van der Waals surface area contributed by atoms with Crippen LogP contribution in [-0.2, 0) is 4.79 Å². The molecule has 0 radical (unpaired) electrons. The molecule has 0 unspecified atom stereocenters. The van der Waals surface area contributed by atoms with Crippen molar-refractivity contribution in [3.8, 4) is 23.0 Å². The molecule has 0 bridgehead atoms. The molecule has 2 heterocycles. The van der Waals surface area contributed by atoms with Gasteiger partial charge in [-0.3, -0.25) is 14.6 Å². The minimum absolute atomic E-state index is 0.238. The Hall–Kier alpha value is -4.27. The van der Waals surface area contributed by atoms with Gasteiger partial charge in [-0.05, 0) is 41.5 Å². The maximum absolute atomic E-state index is 14.0. The predicted octanol–water partition coefficient (Wildman–Crippen LogP) is 3.67. The minimum Gasteiger partial charge on any atom is -0.497 e. The van der Waals surface area contributed by atoms with Crippen LogP contribution in [0.15, 0.2) is 54.9 Å². The molecular weight excluding hydrogens is 450 g/mol. The molecule has 1 aliphatic rings. The van der Waals surface area contributed by atoms with Crippen LogP contribution in [0.4, 0.5) is 5.69 Å². The zero-order valence-electron chi connectivity index (χ0n) is 20.2. The van der Waals surface area contributed by atoms with Crippen molar-refractivity contribution in [1.82, 2.24) is 9.88 Å². The summed E-state index contributed by atoms with van der Waals surface area (Å²) in [6.45, 7) is 0. The van der Waals surface area contributed by atoms with Gasteiger partial charge in [-0.15, -0.1) is 0 Å². The van der Waals surface area contributed by atoms with E-state index in [4.69, 9.17) is 18.9 Å². The highest BCUT2D eigenvalue weighted by Gasteiger charge is 2.44. The lowest BCUT2D eigenvalue weighted by Gasteiger charge is -2.40. The van der Waals surface area contributed by atoms with Crippen LogP contribution in [0.3, 0.4) is 0 Å². The number of likely N-dealkylation sites (N-methyl/N-ethyl adjacent to an activating group) is 1. The molecule has 1 aliphatic heterocycles. The van der Waals surface area contributed by atoms with Crippen LogP contribution < -0.4 is 24.3 Å². The minimum atomic E-state index is -0.785. The summed E-state index contributed by atoms with van der Waals surface area (Å²) in [4.78, 5) is 33.1. The Kier molecular flexibility index (Phi) is 6.77. The van der Waals surface area contributed by atoms with Crippen LogP contribution in [0.25, 0.3) is 0 Å². The Morgan fingerprint density at radius 1 is 0.943 bits per heavy atom. The van der Waals surface area contributed by atoms with Crippen molar-refractivity contribution in [2.75, 3.05) is 40.8 Å². The molecule has 9 heteroatoms. The number of nitrogens with one attached hydrogen (secondary N) is 1. The van der Waals surface area contributed by atoms with Gasteiger partial charge in [0.2, 0.25) is 5.91 Å². The molecule has 0 saturated carbocycles. The number of fused-ring (bicyclic) bond motifs is 1. The lowest BCUT2D eigenvalue weighted by Crippen LogP contribution is -2.44. The summed E-state index contributed by atoms with van der Waals surface area (Å²) in [5, 5.41) is 2.97. The first kappa shape index (κ1) is 23.9. The van der Waals surface area contributed by atoms with Gasteiger partial charge < -0.3 is 29.2 Å². The van der Waals surface area contributed by atoms with Crippen LogP contribution in [0, 0.1) is 0 Å². The first-order chi connectivity index (χ1) is 16.9. The number of carbonyl (C=O) groups is 2. The number of carbonyl (C=O) groups excluding carboxylic acids is 2. The van der Waals surface area contributed by atoms with E-state index in [1.54, 1.807) is 67.8 Å². The van der Waals surface area contributed by atoms with Gasteiger partial charge >= 0.3 is 0 Å². The molecule has 0 saturated heterocycles. The van der Waals surface area contributed by atoms with Crippen molar-refractivity contribution >= 4 is 17.5 Å². The summed E-state index contributed by atoms with van der Waals surface area (Å²) in [6, 6.07) is 11.4. The molecular formula is C26H27N3O6. The van der Waals surface area contributed by atoms with Crippen LogP contribution in [0.2, 0.25) is 0 Å². The fraction of sp³-hybridized carbons (Fsp3) is 0.269. The second-order valence-electron chi connectivity index (χ2n) is 7.97. The summed E-state index contributed by atoms with van der Waals surface area (Å²) in [7, 11) is 7.75. The Morgan fingerprint density at radius 2 is 1.66 bits per heavy atom. The first-order valence-corrected chi connectivity index (χ1v) is 10.9. The normalized spacial score (nSPS) is 16.8. The van der Waals surface area contributed by atoms with E-state index in [2.05, 4.69) is 10.3 Å². The summed E-state index contributed by atoms with van der Waals surface area (Å²) < 4.78 is 21.7. The van der Waals surface area contributed by atoms with Crippen molar-refractivity contribution in [3.05, 3.63) is 71.5 Å². The van der Waals surface area contributed by atoms with E-state index < -0.39 is 12.0 Å². The summed E-state index contributed by atoms with van der Waals surface area (Å²) in [5.41, 5.74) is 2.06. The number of hydrogen-bond acceptors (Lipinski definition) is 7. The average Bonchev–Trinajstić information content (AvgIpc) is 2.90. The molecule has 9 nitrogen and oxygen atoms in total. The fourth-order valence-electron chi connectivity index (χ4n) is 4.42. The Bertz CT molecular complexity index is 1250. The summed E-state index contributed by atoms with van der Waals surface area (Å²) in [5.74, 6) is 0.507. The number of methoxy groups -OCH3 is 4. The van der Waals surface area contributed by atoms with Gasteiger partial charge in [0.1, 0.15) is 11.5 Å². The van der Waals surface area contributed by atoms with Crippen LogP contribution in [-0.4, -0.2) is 57.2 Å². The molecule has 1 aromatic heterocycles. The maximum Gasteiger partial charge on any atom is 0.254 e. The summed E-state index contributed by atoms with van der Waals surface area (Å²) >= 11 is 0. The predicted molar refractivity (Wildman–Crippen MR) is 130 cm³/mol. The zero-order chi connectivity index (χ0) is 25.1. The van der Waals surface area contributed by atoms with E-state index in [-0.39, 0.29) is 11.8 Å². The van der Waals surface area contributed by atoms with E-state index in [1.807, 2.05) is 6.07 Å². The van der Waals surface area contributed by atoms with E-state index >= 15 is 0 Å².